The van der Waals surface area contributed by atoms with E-state index in [2.05, 4.69) is 5.32 Å². The number of aromatic hydroxyl groups is 1. The summed E-state index contributed by atoms with van der Waals surface area (Å²) in [6.07, 6.45) is -0.0237. The Balaban J connectivity index is 1.80. The van der Waals surface area contributed by atoms with Crippen molar-refractivity contribution in [2.45, 2.75) is 45.2 Å². The quantitative estimate of drug-likeness (QED) is 0.477. The lowest BCUT2D eigenvalue weighted by atomic mass is 10.2. The molecule has 10 heteroatoms. The predicted octanol–water partition coefficient (Wildman–Crippen LogP) is 2.59. The number of amides is 1. The van der Waals surface area contributed by atoms with Gasteiger partial charge in [0.15, 0.2) is 0 Å². The fraction of sp³-hybridized carbons (Fsp3) is 0.364. The van der Waals surface area contributed by atoms with Gasteiger partial charge in [-0.05, 0) is 37.3 Å². The number of anilines is 1. The van der Waals surface area contributed by atoms with Crippen LogP contribution in [0.15, 0.2) is 52.2 Å². The van der Waals surface area contributed by atoms with Gasteiger partial charge in [-0.15, -0.1) is 0 Å². The smallest absolute Gasteiger partial charge is 0.329 e. The lowest BCUT2D eigenvalue weighted by molar-refractivity contribution is -0.116. The summed E-state index contributed by atoms with van der Waals surface area (Å²) in [5.41, 5.74) is 1.35. The topological polar surface area (TPSA) is 114 Å². The van der Waals surface area contributed by atoms with Crippen LogP contribution in [0.4, 0.5) is 5.69 Å². The van der Waals surface area contributed by atoms with Crippen LogP contribution in [0.1, 0.15) is 27.2 Å². The molecule has 0 unspecified atom stereocenters. The Morgan fingerprint density at radius 3 is 2.25 bits per heavy atom. The van der Waals surface area contributed by atoms with Crippen LogP contribution in [0, 0.1) is 0 Å². The van der Waals surface area contributed by atoms with Gasteiger partial charge < -0.3 is 10.4 Å². The minimum atomic E-state index is -3.74. The van der Waals surface area contributed by atoms with Gasteiger partial charge in [0.1, 0.15) is 5.75 Å². The van der Waals surface area contributed by atoms with E-state index >= 15 is 0 Å². The Morgan fingerprint density at radius 1 is 1.03 bits per heavy atom. The van der Waals surface area contributed by atoms with Crippen molar-refractivity contribution in [3.8, 4) is 5.75 Å². The van der Waals surface area contributed by atoms with E-state index in [4.69, 9.17) is 0 Å². The molecule has 32 heavy (non-hydrogen) atoms. The molecule has 0 aliphatic heterocycles. The molecule has 0 fully saturated rings. The molecule has 1 heterocycles. The second-order valence-electron chi connectivity index (χ2n) is 7.23. The summed E-state index contributed by atoms with van der Waals surface area (Å²) in [6.45, 7) is 6.63. The first-order chi connectivity index (χ1) is 15.2. The number of hydrogen-bond acceptors (Lipinski definition) is 5. The van der Waals surface area contributed by atoms with E-state index in [0.717, 1.165) is 11.0 Å². The number of sulfonamides is 1. The Labute approximate surface area is 186 Å². The summed E-state index contributed by atoms with van der Waals surface area (Å²) in [6, 6.07) is 11.2. The van der Waals surface area contributed by atoms with Crippen LogP contribution in [0.3, 0.4) is 0 Å². The number of benzene rings is 2. The molecule has 0 aliphatic rings. The van der Waals surface area contributed by atoms with Gasteiger partial charge in [0, 0.05) is 32.6 Å². The molecule has 0 saturated carbocycles. The summed E-state index contributed by atoms with van der Waals surface area (Å²) < 4.78 is 30.0. The Kier molecular flexibility index (Phi) is 7.05. The van der Waals surface area contributed by atoms with Gasteiger partial charge >= 0.3 is 5.69 Å². The molecule has 3 aromatic rings. The molecule has 0 radical (unpaired) electrons. The van der Waals surface area contributed by atoms with Crippen LogP contribution in [0.2, 0.25) is 0 Å². The van der Waals surface area contributed by atoms with E-state index in [9.17, 15) is 23.1 Å². The lowest BCUT2D eigenvalue weighted by Gasteiger charge is -2.19. The maximum Gasteiger partial charge on any atom is 0.329 e. The van der Waals surface area contributed by atoms with Gasteiger partial charge in [-0.3, -0.25) is 13.9 Å². The summed E-state index contributed by atoms with van der Waals surface area (Å²) in [7, 11) is -3.74. The summed E-state index contributed by atoms with van der Waals surface area (Å²) in [5.74, 6) is -0.686. The van der Waals surface area contributed by atoms with Crippen molar-refractivity contribution >= 4 is 32.7 Å². The van der Waals surface area contributed by atoms with Crippen molar-refractivity contribution < 1.29 is 18.3 Å². The molecule has 0 bridgehead atoms. The zero-order valence-electron chi connectivity index (χ0n) is 18.4. The van der Waals surface area contributed by atoms with Crippen LogP contribution in [-0.4, -0.2) is 46.0 Å². The molecule has 1 aromatic heterocycles. The molecule has 1 amide bonds. The number of carbonyl (C=O) groups is 1. The van der Waals surface area contributed by atoms with E-state index in [1.807, 2.05) is 31.2 Å². The Hall–Kier alpha value is -3.11. The van der Waals surface area contributed by atoms with E-state index < -0.39 is 15.9 Å². The van der Waals surface area contributed by atoms with E-state index in [1.165, 1.54) is 22.5 Å². The molecular formula is C22H28N4O5S. The van der Waals surface area contributed by atoms with Crippen molar-refractivity contribution in [1.29, 1.82) is 0 Å². The number of carbonyl (C=O) groups excluding carboxylic acids is 1. The first-order valence-electron chi connectivity index (χ1n) is 10.6. The highest BCUT2D eigenvalue weighted by Crippen LogP contribution is 2.28. The normalized spacial score (nSPS) is 11.9. The van der Waals surface area contributed by atoms with Crippen molar-refractivity contribution in [3.05, 3.63) is 52.9 Å². The number of imidazole rings is 1. The Morgan fingerprint density at radius 2 is 1.66 bits per heavy atom. The number of aromatic nitrogens is 2. The summed E-state index contributed by atoms with van der Waals surface area (Å²) >= 11 is 0. The fourth-order valence-electron chi connectivity index (χ4n) is 3.71. The SMILES string of the molecule is CCN(CC)S(=O)(=O)c1ccc(O)c(NC(=O)CCn2c(=O)n(CC)c3ccccc32)c1. The lowest BCUT2D eigenvalue weighted by Crippen LogP contribution is -2.30. The van der Waals surface area contributed by atoms with Gasteiger partial charge in [0.25, 0.3) is 0 Å². The largest absolute Gasteiger partial charge is 0.506 e. The standard InChI is InChI=1S/C22H28N4O5S/c1-4-24(5-2)32(30,31)16-11-12-20(27)17(15-16)23-21(28)13-14-26-19-10-8-7-9-18(19)25(6-3)22(26)29/h7-12,15,27H,4-6,13-14H2,1-3H3,(H,23,28). The second-order valence-corrected chi connectivity index (χ2v) is 9.17. The minimum absolute atomic E-state index is 0.00608. The second kappa shape index (κ2) is 9.58. The zero-order valence-corrected chi connectivity index (χ0v) is 19.2. The van der Waals surface area contributed by atoms with Gasteiger partial charge in [0.2, 0.25) is 15.9 Å². The summed E-state index contributed by atoms with van der Waals surface area (Å²) in [5, 5.41) is 12.7. The number of nitrogens with one attached hydrogen (secondary N) is 1. The molecule has 2 aromatic carbocycles. The van der Waals surface area contributed by atoms with E-state index in [0.29, 0.717) is 19.6 Å². The van der Waals surface area contributed by atoms with E-state index in [-0.39, 0.29) is 35.0 Å². The first kappa shape index (κ1) is 23.6. The molecule has 9 nitrogen and oxygen atoms in total. The van der Waals surface area contributed by atoms with Gasteiger partial charge in [-0.25, -0.2) is 13.2 Å². The van der Waals surface area contributed by atoms with Crippen LogP contribution >= 0.6 is 0 Å². The Bertz CT molecular complexity index is 1290. The maximum atomic E-state index is 12.7. The molecule has 3 rings (SSSR count). The number of aryl methyl sites for hydroxylation is 2. The number of phenols is 1. The van der Waals surface area contributed by atoms with Crippen LogP contribution in [-0.2, 0) is 27.9 Å². The van der Waals surface area contributed by atoms with Crippen LogP contribution in [0.25, 0.3) is 11.0 Å². The minimum Gasteiger partial charge on any atom is -0.506 e. The van der Waals surface area contributed by atoms with Crippen molar-refractivity contribution in [1.82, 2.24) is 13.4 Å². The third-order valence-electron chi connectivity index (χ3n) is 5.39. The third kappa shape index (κ3) is 4.42. The monoisotopic (exact) mass is 460 g/mol. The number of phenolic OH excluding ortho intramolecular Hbond substituents is 1. The number of fused-ring (bicyclic) bond motifs is 1. The number of para-hydroxylation sites is 2. The highest BCUT2D eigenvalue weighted by molar-refractivity contribution is 7.89. The molecule has 0 atom stereocenters. The molecular weight excluding hydrogens is 432 g/mol. The number of nitrogens with zero attached hydrogens (tertiary/aromatic N) is 3. The van der Waals surface area contributed by atoms with Gasteiger partial charge in [-0.2, -0.15) is 4.31 Å². The number of hydrogen-bond donors (Lipinski definition) is 2. The molecule has 172 valence electrons. The molecule has 0 aliphatic carbocycles. The fourth-order valence-corrected chi connectivity index (χ4v) is 5.19. The first-order valence-corrected chi connectivity index (χ1v) is 12.0. The number of rotatable bonds is 9. The average molecular weight is 461 g/mol. The third-order valence-corrected chi connectivity index (χ3v) is 7.44. The predicted molar refractivity (Wildman–Crippen MR) is 123 cm³/mol. The van der Waals surface area contributed by atoms with Crippen molar-refractivity contribution in [2.24, 2.45) is 0 Å². The highest BCUT2D eigenvalue weighted by Gasteiger charge is 2.23. The zero-order chi connectivity index (χ0) is 23.5. The molecule has 0 saturated heterocycles. The van der Waals surface area contributed by atoms with Crippen molar-refractivity contribution in [3.63, 3.8) is 0 Å². The van der Waals surface area contributed by atoms with Crippen LogP contribution < -0.4 is 11.0 Å². The maximum absolute atomic E-state index is 12.7. The van der Waals surface area contributed by atoms with Crippen molar-refractivity contribution in [2.75, 3.05) is 18.4 Å². The average Bonchev–Trinajstić information content (AvgIpc) is 3.04. The van der Waals surface area contributed by atoms with Gasteiger partial charge in [-0.1, -0.05) is 26.0 Å². The van der Waals surface area contributed by atoms with Gasteiger partial charge in [0.05, 0.1) is 21.6 Å². The van der Waals surface area contributed by atoms with Crippen LogP contribution in [0.5, 0.6) is 5.75 Å². The molecule has 2 N–H and O–H groups in total. The van der Waals surface area contributed by atoms with E-state index in [1.54, 1.807) is 23.0 Å². The highest BCUT2D eigenvalue weighted by atomic mass is 32.2. The molecule has 0 spiro atoms. The summed E-state index contributed by atoms with van der Waals surface area (Å²) in [4.78, 5) is 25.3.